The Morgan fingerprint density at radius 3 is 2.92 bits per heavy atom. The van der Waals surface area contributed by atoms with Crippen LogP contribution in [0.25, 0.3) is 0 Å². The number of piperidine rings is 1. The van der Waals surface area contributed by atoms with Crippen LogP contribution in [-0.4, -0.2) is 75.0 Å². The van der Waals surface area contributed by atoms with Gasteiger partial charge in [-0.2, -0.15) is 0 Å². The summed E-state index contributed by atoms with van der Waals surface area (Å²) in [6.07, 6.45) is 4.16. The maximum atomic E-state index is 12.8. The molecule has 0 spiro atoms. The summed E-state index contributed by atoms with van der Waals surface area (Å²) in [4.78, 5) is 13.8. The first-order valence-electron chi connectivity index (χ1n) is 9.51. The number of aromatic nitrogens is 2. The van der Waals surface area contributed by atoms with Crippen molar-refractivity contribution < 1.29 is 13.2 Å². The number of fused-ring (bicyclic) bond motifs is 3. The first kappa shape index (κ1) is 18.1. The minimum atomic E-state index is -3.15. The molecule has 3 aliphatic rings. The third-order valence-electron chi connectivity index (χ3n) is 5.95. The summed E-state index contributed by atoms with van der Waals surface area (Å²) in [7, 11) is -1.48. The van der Waals surface area contributed by atoms with Crippen molar-refractivity contribution in [3.63, 3.8) is 0 Å². The van der Waals surface area contributed by atoms with E-state index in [1.54, 1.807) is 13.3 Å². The highest BCUT2D eigenvalue weighted by atomic mass is 32.2. The molecule has 0 bridgehead atoms. The summed E-state index contributed by atoms with van der Waals surface area (Å²) in [5.74, 6) is 1.43. The second-order valence-electron chi connectivity index (χ2n) is 7.98. The van der Waals surface area contributed by atoms with Gasteiger partial charge in [-0.3, -0.25) is 4.90 Å². The van der Waals surface area contributed by atoms with Crippen LogP contribution in [0.3, 0.4) is 0 Å². The second kappa shape index (κ2) is 7.05. The zero-order valence-corrected chi connectivity index (χ0v) is 16.4. The van der Waals surface area contributed by atoms with Crippen LogP contribution in [0.15, 0.2) is 6.20 Å². The lowest BCUT2D eigenvalue weighted by Crippen LogP contribution is -2.38. The number of hydrogen-bond acceptors (Lipinski definition) is 7. The lowest BCUT2D eigenvalue weighted by Gasteiger charge is -2.32. The van der Waals surface area contributed by atoms with Gasteiger partial charge < -0.3 is 9.64 Å². The van der Waals surface area contributed by atoms with Crippen LogP contribution in [0.1, 0.15) is 36.9 Å². The fraction of sp³-hybridized carbons (Fsp3) is 0.778. The highest BCUT2D eigenvalue weighted by Crippen LogP contribution is 2.39. The van der Waals surface area contributed by atoms with Gasteiger partial charge in [-0.15, -0.1) is 0 Å². The van der Waals surface area contributed by atoms with E-state index in [0.29, 0.717) is 19.1 Å². The van der Waals surface area contributed by atoms with Crippen molar-refractivity contribution >= 4 is 15.8 Å². The van der Waals surface area contributed by atoms with E-state index < -0.39 is 9.84 Å². The third kappa shape index (κ3) is 3.34. The van der Waals surface area contributed by atoms with Crippen molar-refractivity contribution in [2.75, 3.05) is 51.3 Å². The van der Waals surface area contributed by atoms with Gasteiger partial charge in [0.25, 0.3) is 0 Å². The van der Waals surface area contributed by atoms with Gasteiger partial charge in [-0.25, -0.2) is 18.4 Å². The number of hydrogen-bond donors (Lipinski definition) is 0. The van der Waals surface area contributed by atoms with Crippen molar-refractivity contribution in [2.24, 2.45) is 5.92 Å². The molecule has 7 nitrogen and oxygen atoms in total. The molecule has 2 fully saturated rings. The van der Waals surface area contributed by atoms with E-state index >= 15 is 0 Å². The van der Waals surface area contributed by atoms with E-state index in [0.717, 1.165) is 49.8 Å². The molecule has 144 valence electrons. The molecule has 2 saturated heterocycles. The van der Waals surface area contributed by atoms with Gasteiger partial charge >= 0.3 is 0 Å². The Labute approximate surface area is 155 Å². The van der Waals surface area contributed by atoms with Gasteiger partial charge in [-0.1, -0.05) is 6.92 Å². The fourth-order valence-corrected chi connectivity index (χ4v) is 6.59. The van der Waals surface area contributed by atoms with E-state index in [9.17, 15) is 8.42 Å². The standard InChI is InChI=1S/C18H28N4O3S/c1-13-4-3-5-22(9-13)18-19-8-14-12-26(23,24)16-11-21(6-7-25-2)10-15(16)17(14)20-18/h8,13,15-16H,3-7,9-12H2,1-2H3/t13?,15-,16+/m0/s1. The number of rotatable bonds is 4. The van der Waals surface area contributed by atoms with Crippen molar-refractivity contribution in [3.05, 3.63) is 17.5 Å². The Morgan fingerprint density at radius 1 is 1.31 bits per heavy atom. The summed E-state index contributed by atoms with van der Waals surface area (Å²) in [5, 5.41) is -0.352. The fourth-order valence-electron chi connectivity index (χ4n) is 4.57. The minimum absolute atomic E-state index is 0.0513. The highest BCUT2D eigenvalue weighted by Gasteiger charge is 2.47. The summed E-state index contributed by atoms with van der Waals surface area (Å²) in [6, 6.07) is 0. The van der Waals surface area contributed by atoms with Crippen LogP contribution in [0.5, 0.6) is 0 Å². The molecule has 8 heteroatoms. The Balaban J connectivity index is 1.63. The molecule has 0 aromatic carbocycles. The largest absolute Gasteiger partial charge is 0.383 e. The molecule has 4 heterocycles. The Bertz CT molecular complexity index is 770. The van der Waals surface area contributed by atoms with Crippen LogP contribution in [0.2, 0.25) is 0 Å². The lowest BCUT2D eigenvalue weighted by atomic mass is 9.99. The van der Waals surface area contributed by atoms with Crippen LogP contribution < -0.4 is 4.90 Å². The topological polar surface area (TPSA) is 75.6 Å². The summed E-state index contributed by atoms with van der Waals surface area (Å²) in [6.45, 7) is 6.91. The number of ether oxygens (including phenoxy) is 1. The van der Waals surface area contributed by atoms with E-state index in [-0.39, 0.29) is 16.9 Å². The molecule has 0 N–H and O–H groups in total. The number of sulfone groups is 1. The number of nitrogens with zero attached hydrogens (tertiary/aromatic N) is 4. The summed E-state index contributed by atoms with van der Waals surface area (Å²) < 4.78 is 30.7. The van der Waals surface area contributed by atoms with Gasteiger partial charge in [0.05, 0.1) is 23.3 Å². The van der Waals surface area contributed by atoms with Gasteiger partial charge in [0.2, 0.25) is 5.95 Å². The quantitative estimate of drug-likeness (QED) is 0.773. The summed E-state index contributed by atoms with van der Waals surface area (Å²) in [5.41, 5.74) is 1.74. The van der Waals surface area contributed by atoms with Crippen LogP contribution in [0.4, 0.5) is 5.95 Å². The molecule has 1 aromatic heterocycles. The summed E-state index contributed by atoms with van der Waals surface area (Å²) >= 11 is 0. The first-order chi connectivity index (χ1) is 12.5. The number of methoxy groups -OCH3 is 1. The Hall–Kier alpha value is -1.25. The van der Waals surface area contributed by atoms with E-state index in [4.69, 9.17) is 9.72 Å². The number of likely N-dealkylation sites (tertiary alicyclic amines) is 1. The Morgan fingerprint density at radius 2 is 2.15 bits per heavy atom. The van der Waals surface area contributed by atoms with Crippen molar-refractivity contribution in [1.82, 2.24) is 14.9 Å². The SMILES string of the molecule is COCCN1C[C@@H]2c3nc(N4CCCC(C)C4)ncc3CS(=O)(=O)[C@@H]2C1. The van der Waals surface area contributed by atoms with Crippen LogP contribution in [0, 0.1) is 5.92 Å². The molecule has 3 atom stereocenters. The zero-order valence-electron chi connectivity index (χ0n) is 15.6. The van der Waals surface area contributed by atoms with Crippen LogP contribution >= 0.6 is 0 Å². The smallest absolute Gasteiger partial charge is 0.225 e. The van der Waals surface area contributed by atoms with Gasteiger partial charge in [-0.05, 0) is 18.8 Å². The molecule has 1 unspecified atom stereocenters. The number of anilines is 1. The monoisotopic (exact) mass is 380 g/mol. The Kier molecular flexibility index (Phi) is 4.92. The molecule has 26 heavy (non-hydrogen) atoms. The molecule has 4 rings (SSSR count). The van der Waals surface area contributed by atoms with Crippen molar-refractivity contribution in [3.8, 4) is 0 Å². The second-order valence-corrected chi connectivity index (χ2v) is 10.2. The van der Waals surface area contributed by atoms with E-state index in [1.165, 1.54) is 6.42 Å². The van der Waals surface area contributed by atoms with Crippen molar-refractivity contribution in [2.45, 2.75) is 36.7 Å². The van der Waals surface area contributed by atoms with E-state index in [2.05, 4.69) is 21.7 Å². The van der Waals surface area contributed by atoms with E-state index in [1.807, 2.05) is 0 Å². The molecule has 0 aliphatic carbocycles. The maximum absolute atomic E-state index is 12.8. The third-order valence-corrected chi connectivity index (χ3v) is 8.06. The van der Waals surface area contributed by atoms with Crippen LogP contribution in [-0.2, 0) is 20.3 Å². The predicted octanol–water partition coefficient (Wildman–Crippen LogP) is 1.06. The van der Waals surface area contributed by atoms with Gasteiger partial charge in [0.1, 0.15) is 0 Å². The lowest BCUT2D eigenvalue weighted by molar-refractivity contribution is 0.160. The average molecular weight is 381 g/mol. The molecular weight excluding hydrogens is 352 g/mol. The van der Waals surface area contributed by atoms with Gasteiger partial charge in [0, 0.05) is 57.5 Å². The maximum Gasteiger partial charge on any atom is 0.225 e. The molecule has 1 aromatic rings. The molecule has 3 aliphatic heterocycles. The minimum Gasteiger partial charge on any atom is -0.383 e. The average Bonchev–Trinajstić information content (AvgIpc) is 3.05. The zero-order chi connectivity index (χ0) is 18.3. The van der Waals surface area contributed by atoms with Crippen molar-refractivity contribution in [1.29, 1.82) is 0 Å². The predicted molar refractivity (Wildman–Crippen MR) is 100 cm³/mol. The van der Waals surface area contributed by atoms with Gasteiger partial charge in [0.15, 0.2) is 9.84 Å². The molecular formula is C18H28N4O3S. The molecule has 0 amide bonds. The normalized spacial score (nSPS) is 30.8. The molecule has 0 saturated carbocycles. The highest BCUT2D eigenvalue weighted by molar-refractivity contribution is 7.91. The molecule has 0 radical (unpaired) electrons. The first-order valence-corrected chi connectivity index (χ1v) is 11.2.